The monoisotopic (exact) mass is 454 g/mol. The van der Waals surface area contributed by atoms with Crippen molar-refractivity contribution >= 4 is 34.7 Å². The summed E-state index contributed by atoms with van der Waals surface area (Å²) in [4.78, 5) is 37.0. The molecule has 0 spiro atoms. The number of likely N-dealkylation sites (N-methyl/N-ethyl adjacent to an activating group) is 1. The van der Waals surface area contributed by atoms with Crippen LogP contribution in [-0.4, -0.2) is 63.0 Å². The topological polar surface area (TPSA) is 108 Å². The summed E-state index contributed by atoms with van der Waals surface area (Å²) in [7, 11) is 1.95. The molecule has 0 atom stereocenters. The molecule has 0 unspecified atom stereocenters. The normalized spacial score (nSPS) is 16.1. The van der Waals surface area contributed by atoms with E-state index in [-0.39, 0.29) is 11.8 Å². The minimum absolute atomic E-state index is 0.0480. The van der Waals surface area contributed by atoms with Crippen LogP contribution < -0.4 is 15.5 Å². The molecule has 4 heterocycles. The Morgan fingerprint density at radius 1 is 1.03 bits per heavy atom. The largest absolute Gasteiger partial charge is 0.348 e. The number of carbonyl (C=O) groups excluding carboxylic acids is 2. The zero-order chi connectivity index (χ0) is 23.2. The van der Waals surface area contributed by atoms with Gasteiger partial charge in [-0.15, -0.1) is 0 Å². The second-order valence-electron chi connectivity index (χ2n) is 8.50. The van der Waals surface area contributed by atoms with E-state index in [1.807, 2.05) is 59.3 Å². The van der Waals surface area contributed by atoms with Gasteiger partial charge in [0.05, 0.1) is 18.4 Å². The van der Waals surface area contributed by atoms with Crippen LogP contribution >= 0.6 is 0 Å². The van der Waals surface area contributed by atoms with Gasteiger partial charge >= 0.3 is 0 Å². The Morgan fingerprint density at radius 3 is 2.71 bits per heavy atom. The van der Waals surface area contributed by atoms with Crippen LogP contribution in [0.15, 0.2) is 55.0 Å². The predicted molar refractivity (Wildman–Crippen MR) is 127 cm³/mol. The summed E-state index contributed by atoms with van der Waals surface area (Å²) in [5.41, 5.74) is 5.64. The van der Waals surface area contributed by atoms with E-state index in [0.29, 0.717) is 36.7 Å². The van der Waals surface area contributed by atoms with Crippen LogP contribution in [0.3, 0.4) is 0 Å². The van der Waals surface area contributed by atoms with Crippen LogP contribution in [0.25, 0.3) is 16.9 Å². The summed E-state index contributed by atoms with van der Waals surface area (Å²) in [6, 6.07) is 13.4. The molecule has 170 valence electrons. The lowest BCUT2D eigenvalue weighted by Gasteiger charge is -2.32. The number of amides is 2. The summed E-state index contributed by atoms with van der Waals surface area (Å²) in [6.45, 7) is 2.48. The van der Waals surface area contributed by atoms with Crippen molar-refractivity contribution in [3.05, 3.63) is 66.1 Å². The van der Waals surface area contributed by atoms with E-state index in [0.717, 1.165) is 34.7 Å². The number of anilines is 3. The number of piperazine rings is 1. The lowest BCUT2D eigenvalue weighted by Crippen LogP contribution is -2.48. The number of fused-ring (bicyclic) bond motifs is 2. The molecule has 4 aromatic rings. The van der Waals surface area contributed by atoms with Crippen molar-refractivity contribution in [3.63, 3.8) is 0 Å². The molecule has 1 fully saturated rings. The molecule has 2 aromatic heterocycles. The number of benzene rings is 2. The highest BCUT2D eigenvalue weighted by Gasteiger charge is 2.23. The lowest BCUT2D eigenvalue weighted by molar-refractivity contribution is -0.120. The molecule has 34 heavy (non-hydrogen) atoms. The molecule has 0 aliphatic carbocycles. The van der Waals surface area contributed by atoms with E-state index in [2.05, 4.69) is 25.7 Å². The number of nitrogens with zero attached hydrogens (tertiary/aromatic N) is 6. The Morgan fingerprint density at radius 2 is 1.88 bits per heavy atom. The minimum Gasteiger partial charge on any atom is -0.348 e. The van der Waals surface area contributed by atoms with Crippen molar-refractivity contribution in [2.75, 3.05) is 36.9 Å². The van der Waals surface area contributed by atoms with Crippen molar-refractivity contribution in [3.8, 4) is 11.3 Å². The third-order valence-electron chi connectivity index (χ3n) is 6.24. The van der Waals surface area contributed by atoms with Gasteiger partial charge in [0.25, 0.3) is 5.91 Å². The van der Waals surface area contributed by atoms with Crippen LogP contribution in [0.5, 0.6) is 0 Å². The van der Waals surface area contributed by atoms with E-state index in [4.69, 9.17) is 0 Å². The first-order valence-corrected chi connectivity index (χ1v) is 11.0. The maximum absolute atomic E-state index is 12.3. The van der Waals surface area contributed by atoms with E-state index in [1.165, 1.54) is 6.33 Å². The maximum atomic E-state index is 12.3. The van der Waals surface area contributed by atoms with Crippen molar-refractivity contribution in [1.82, 2.24) is 29.8 Å². The van der Waals surface area contributed by atoms with Gasteiger partial charge in [-0.3, -0.25) is 14.5 Å². The minimum atomic E-state index is -0.0480. The fourth-order valence-corrected chi connectivity index (χ4v) is 4.42. The molecular weight excluding hydrogens is 432 g/mol. The van der Waals surface area contributed by atoms with Crippen molar-refractivity contribution < 1.29 is 9.59 Å². The van der Waals surface area contributed by atoms with Gasteiger partial charge in [0, 0.05) is 42.1 Å². The number of hydrogen-bond donors (Lipinski definition) is 2. The van der Waals surface area contributed by atoms with Gasteiger partial charge in [-0.05, 0) is 49.0 Å². The van der Waals surface area contributed by atoms with Gasteiger partial charge in [0.2, 0.25) is 5.91 Å². The third kappa shape index (κ3) is 3.44. The van der Waals surface area contributed by atoms with Gasteiger partial charge in [-0.1, -0.05) is 6.07 Å². The van der Waals surface area contributed by atoms with Crippen molar-refractivity contribution in [1.29, 1.82) is 0 Å². The molecule has 6 rings (SSSR count). The molecule has 2 aromatic carbocycles. The molecule has 2 amide bonds. The molecular formula is C24H22N8O2. The first-order chi connectivity index (χ1) is 16.6. The third-order valence-corrected chi connectivity index (χ3v) is 6.24. The fourth-order valence-electron chi connectivity index (χ4n) is 4.42. The molecule has 2 aliphatic heterocycles. The van der Waals surface area contributed by atoms with Crippen LogP contribution in [-0.2, 0) is 11.3 Å². The summed E-state index contributed by atoms with van der Waals surface area (Å²) in [5.74, 6) is 0.624. The van der Waals surface area contributed by atoms with Gasteiger partial charge in [-0.25, -0.2) is 14.5 Å². The van der Waals surface area contributed by atoms with Crippen LogP contribution in [0.4, 0.5) is 17.2 Å². The SMILES string of the molecule is CN1CCN(c2ccc(Nc3ncc(-c4ccc5c(c4)CNC5=O)n4ncnc34)cc2)C(=O)C1. The average Bonchev–Trinajstić information content (AvgIpc) is 3.47. The molecule has 1 saturated heterocycles. The molecule has 0 radical (unpaired) electrons. The number of carbonyl (C=O) groups is 2. The molecule has 10 nitrogen and oxygen atoms in total. The standard InChI is InChI=1S/C24H22N8O2/c1-30-8-9-31(21(33)13-30)18-5-3-17(4-6-18)29-22-23-27-14-28-32(23)20(12-25-22)15-2-7-19-16(10-15)11-26-24(19)34/h2-7,10,12,14H,8-9,11,13H2,1H3,(H,25,29)(H,26,34). The zero-order valence-electron chi connectivity index (χ0n) is 18.5. The van der Waals surface area contributed by atoms with Gasteiger partial charge in [0.15, 0.2) is 11.5 Å². The highest BCUT2D eigenvalue weighted by atomic mass is 16.2. The summed E-state index contributed by atoms with van der Waals surface area (Å²) in [6.07, 6.45) is 3.24. The fraction of sp³-hybridized carbons (Fsp3) is 0.208. The predicted octanol–water partition coefficient (Wildman–Crippen LogP) is 2.06. The first-order valence-electron chi connectivity index (χ1n) is 11.0. The Balaban J connectivity index is 1.27. The highest BCUT2D eigenvalue weighted by Crippen LogP contribution is 2.28. The van der Waals surface area contributed by atoms with Gasteiger partial charge in [-0.2, -0.15) is 5.10 Å². The number of hydrogen-bond acceptors (Lipinski definition) is 7. The number of rotatable bonds is 4. The van der Waals surface area contributed by atoms with E-state index < -0.39 is 0 Å². The highest BCUT2D eigenvalue weighted by molar-refractivity contribution is 5.99. The Labute approximate surface area is 195 Å². The van der Waals surface area contributed by atoms with E-state index >= 15 is 0 Å². The van der Waals surface area contributed by atoms with Crippen molar-refractivity contribution in [2.45, 2.75) is 6.54 Å². The second-order valence-corrected chi connectivity index (χ2v) is 8.50. The summed E-state index contributed by atoms with van der Waals surface area (Å²) in [5, 5.41) is 10.5. The van der Waals surface area contributed by atoms with E-state index in [9.17, 15) is 9.59 Å². The summed E-state index contributed by atoms with van der Waals surface area (Å²) >= 11 is 0. The van der Waals surface area contributed by atoms with Gasteiger partial charge in [0.1, 0.15) is 6.33 Å². The zero-order valence-corrected chi connectivity index (χ0v) is 18.5. The van der Waals surface area contributed by atoms with Crippen molar-refractivity contribution in [2.24, 2.45) is 0 Å². The molecule has 0 saturated carbocycles. The number of aromatic nitrogens is 4. The quantitative estimate of drug-likeness (QED) is 0.486. The summed E-state index contributed by atoms with van der Waals surface area (Å²) < 4.78 is 1.73. The first kappa shape index (κ1) is 20.3. The molecule has 2 aliphatic rings. The lowest BCUT2D eigenvalue weighted by atomic mass is 10.0. The van der Waals surface area contributed by atoms with Crippen LogP contribution in [0.2, 0.25) is 0 Å². The molecule has 10 heteroatoms. The maximum Gasteiger partial charge on any atom is 0.251 e. The second kappa shape index (κ2) is 7.92. The Kier molecular flexibility index (Phi) is 4.73. The smallest absolute Gasteiger partial charge is 0.251 e. The van der Waals surface area contributed by atoms with Crippen LogP contribution in [0.1, 0.15) is 15.9 Å². The Bertz CT molecular complexity index is 1430. The number of nitrogens with one attached hydrogen (secondary N) is 2. The average molecular weight is 454 g/mol. The molecule has 2 N–H and O–H groups in total. The Hall–Kier alpha value is -4.31. The van der Waals surface area contributed by atoms with Gasteiger partial charge < -0.3 is 15.5 Å². The van der Waals surface area contributed by atoms with E-state index in [1.54, 1.807) is 10.7 Å². The van der Waals surface area contributed by atoms with Crippen LogP contribution in [0, 0.1) is 0 Å². The molecule has 0 bridgehead atoms.